The van der Waals surface area contributed by atoms with Gasteiger partial charge >= 0.3 is 6.09 Å². The molecule has 0 aromatic rings. The van der Waals surface area contributed by atoms with Crippen LogP contribution in [0.5, 0.6) is 0 Å². The molecule has 0 unspecified atom stereocenters. The predicted octanol–water partition coefficient (Wildman–Crippen LogP) is 0.910. The zero-order valence-electron chi connectivity index (χ0n) is 9.29. The van der Waals surface area contributed by atoms with Crippen molar-refractivity contribution >= 4 is 23.4 Å². The molecule has 0 saturated heterocycles. The molecule has 0 aromatic heterocycles. The van der Waals surface area contributed by atoms with Gasteiger partial charge in [0.1, 0.15) is 0 Å². The van der Waals surface area contributed by atoms with Crippen LogP contribution in [-0.2, 0) is 4.74 Å². The average molecular weight is 243 g/mol. The van der Waals surface area contributed by atoms with Gasteiger partial charge in [0.2, 0.25) is 0 Å². The molecule has 3 atom stereocenters. The Morgan fingerprint density at radius 1 is 1.31 bits per heavy atom. The topological polar surface area (TPSA) is 62.4 Å². The molecule has 2 aliphatic rings. The van der Waals surface area contributed by atoms with Gasteiger partial charge in [0, 0.05) is 6.04 Å². The second-order valence-electron chi connectivity index (χ2n) is 4.50. The van der Waals surface area contributed by atoms with Crippen molar-refractivity contribution < 1.29 is 9.53 Å². The zero-order chi connectivity index (χ0) is 11.5. The molecule has 2 fully saturated rings. The third-order valence-electron chi connectivity index (χ3n) is 3.52. The average Bonchev–Trinajstić information content (AvgIpc) is 2.87. The SMILES string of the molecule is COC(=O)NNC(=S)N[C@@H]1C[C@H]2CC[C@@H]1C2. The molecule has 0 aliphatic heterocycles. The molecule has 90 valence electrons. The minimum atomic E-state index is -0.544. The van der Waals surface area contributed by atoms with Crippen LogP contribution in [0.3, 0.4) is 0 Å². The number of methoxy groups -OCH3 is 1. The molecule has 2 bridgehead atoms. The molecule has 16 heavy (non-hydrogen) atoms. The van der Waals surface area contributed by atoms with Crippen LogP contribution in [-0.4, -0.2) is 24.4 Å². The van der Waals surface area contributed by atoms with Gasteiger partial charge in [0.25, 0.3) is 0 Å². The Morgan fingerprint density at radius 3 is 2.69 bits per heavy atom. The first kappa shape index (κ1) is 11.4. The second kappa shape index (κ2) is 4.86. The van der Waals surface area contributed by atoms with Gasteiger partial charge in [-0.15, -0.1) is 0 Å². The fraction of sp³-hybridized carbons (Fsp3) is 0.800. The van der Waals surface area contributed by atoms with E-state index in [2.05, 4.69) is 20.9 Å². The Labute approximate surface area is 100 Å². The summed E-state index contributed by atoms with van der Waals surface area (Å²) in [5.41, 5.74) is 4.95. The lowest BCUT2D eigenvalue weighted by Crippen LogP contribution is -2.50. The van der Waals surface area contributed by atoms with E-state index in [0.29, 0.717) is 11.2 Å². The summed E-state index contributed by atoms with van der Waals surface area (Å²) in [5.74, 6) is 1.63. The lowest BCUT2D eigenvalue weighted by Gasteiger charge is -2.24. The number of thiocarbonyl (C=S) groups is 1. The molecule has 0 heterocycles. The number of rotatable bonds is 1. The number of amides is 1. The summed E-state index contributed by atoms with van der Waals surface area (Å²) >= 11 is 5.08. The molecular weight excluding hydrogens is 226 g/mol. The van der Waals surface area contributed by atoms with Gasteiger partial charge in [-0.25, -0.2) is 10.2 Å². The van der Waals surface area contributed by atoms with Crippen molar-refractivity contribution in [3.8, 4) is 0 Å². The Hall–Kier alpha value is -1.04. The van der Waals surface area contributed by atoms with Crippen LogP contribution in [0.15, 0.2) is 0 Å². The van der Waals surface area contributed by atoms with E-state index in [1.165, 1.54) is 32.8 Å². The number of nitrogens with one attached hydrogen (secondary N) is 3. The number of hydrazine groups is 1. The van der Waals surface area contributed by atoms with E-state index in [1.54, 1.807) is 0 Å². The van der Waals surface area contributed by atoms with Gasteiger partial charge in [0.15, 0.2) is 5.11 Å². The molecule has 0 spiro atoms. The van der Waals surface area contributed by atoms with E-state index >= 15 is 0 Å². The highest BCUT2D eigenvalue weighted by Gasteiger charge is 2.39. The van der Waals surface area contributed by atoms with Gasteiger partial charge in [0.05, 0.1) is 7.11 Å². The molecule has 3 N–H and O–H groups in total. The molecule has 6 heteroatoms. The van der Waals surface area contributed by atoms with Gasteiger partial charge in [-0.05, 0) is 43.3 Å². The Morgan fingerprint density at radius 2 is 2.12 bits per heavy atom. The van der Waals surface area contributed by atoms with Crippen LogP contribution in [0.4, 0.5) is 4.79 Å². The minimum absolute atomic E-state index is 0.461. The van der Waals surface area contributed by atoms with Crippen molar-refractivity contribution in [2.75, 3.05) is 7.11 Å². The molecule has 2 aliphatic carbocycles. The van der Waals surface area contributed by atoms with Gasteiger partial charge in [-0.3, -0.25) is 5.43 Å². The van der Waals surface area contributed by atoms with Crippen LogP contribution in [0.25, 0.3) is 0 Å². The molecule has 0 radical (unpaired) electrons. The number of hydrogen-bond donors (Lipinski definition) is 3. The Bertz CT molecular complexity index is 298. The number of carbonyl (C=O) groups is 1. The van der Waals surface area contributed by atoms with Crippen LogP contribution in [0, 0.1) is 11.8 Å². The number of hydrogen-bond acceptors (Lipinski definition) is 3. The van der Waals surface area contributed by atoms with E-state index in [0.717, 1.165) is 11.8 Å². The van der Waals surface area contributed by atoms with Gasteiger partial charge in [-0.1, -0.05) is 6.42 Å². The molecule has 2 rings (SSSR count). The smallest absolute Gasteiger partial charge is 0.425 e. The summed E-state index contributed by atoms with van der Waals surface area (Å²) in [6, 6.07) is 0.471. The second-order valence-corrected chi connectivity index (χ2v) is 4.90. The molecule has 5 nitrogen and oxygen atoms in total. The van der Waals surface area contributed by atoms with Crippen molar-refractivity contribution in [1.82, 2.24) is 16.2 Å². The number of ether oxygens (including phenoxy) is 1. The van der Waals surface area contributed by atoms with Crippen LogP contribution in [0.1, 0.15) is 25.7 Å². The van der Waals surface area contributed by atoms with Crippen LogP contribution < -0.4 is 16.2 Å². The highest BCUT2D eigenvalue weighted by atomic mass is 32.1. The third-order valence-corrected chi connectivity index (χ3v) is 3.74. The maximum Gasteiger partial charge on any atom is 0.425 e. The third kappa shape index (κ3) is 2.55. The highest BCUT2D eigenvalue weighted by Crippen LogP contribution is 2.44. The van der Waals surface area contributed by atoms with E-state index in [9.17, 15) is 4.79 Å². The molecule has 1 amide bonds. The maximum absolute atomic E-state index is 10.8. The fourth-order valence-electron chi connectivity index (χ4n) is 2.78. The maximum atomic E-state index is 10.8. The minimum Gasteiger partial charge on any atom is -0.452 e. The standard InChI is InChI=1S/C10H17N3O2S/c1-15-10(14)13-12-9(16)11-8-5-6-2-3-7(8)4-6/h6-8H,2-5H2,1H3,(H,13,14)(H2,11,12,16)/t6-,7+,8+/m0/s1. The van der Waals surface area contributed by atoms with Crippen LogP contribution >= 0.6 is 12.2 Å². The summed E-state index contributed by atoms with van der Waals surface area (Å²) in [4.78, 5) is 10.8. The van der Waals surface area contributed by atoms with Crippen molar-refractivity contribution in [3.63, 3.8) is 0 Å². The first-order chi connectivity index (χ1) is 7.69. The molecule has 2 saturated carbocycles. The summed E-state index contributed by atoms with van der Waals surface area (Å²) in [6.45, 7) is 0. The monoisotopic (exact) mass is 243 g/mol. The molecule has 0 aromatic carbocycles. The summed E-state index contributed by atoms with van der Waals surface area (Å²) in [6.07, 6.45) is 4.64. The Kier molecular flexibility index (Phi) is 3.48. The highest BCUT2D eigenvalue weighted by molar-refractivity contribution is 7.80. The van der Waals surface area contributed by atoms with Crippen LogP contribution in [0.2, 0.25) is 0 Å². The lowest BCUT2D eigenvalue weighted by molar-refractivity contribution is 0.168. The largest absolute Gasteiger partial charge is 0.452 e. The Balaban J connectivity index is 1.69. The van der Waals surface area contributed by atoms with Gasteiger partial charge in [-0.2, -0.15) is 0 Å². The summed E-state index contributed by atoms with van der Waals surface area (Å²) < 4.78 is 4.42. The quantitative estimate of drug-likeness (QED) is 0.472. The summed E-state index contributed by atoms with van der Waals surface area (Å²) in [7, 11) is 1.31. The van der Waals surface area contributed by atoms with E-state index in [-0.39, 0.29) is 0 Å². The summed E-state index contributed by atoms with van der Waals surface area (Å²) in [5, 5.41) is 3.70. The lowest BCUT2D eigenvalue weighted by atomic mass is 9.96. The predicted molar refractivity (Wildman–Crippen MR) is 63.6 cm³/mol. The number of carbonyl (C=O) groups excluding carboxylic acids is 1. The zero-order valence-corrected chi connectivity index (χ0v) is 10.1. The van der Waals surface area contributed by atoms with Crippen molar-refractivity contribution in [2.24, 2.45) is 11.8 Å². The van der Waals surface area contributed by atoms with Crippen molar-refractivity contribution in [2.45, 2.75) is 31.7 Å². The van der Waals surface area contributed by atoms with Crippen molar-refractivity contribution in [1.29, 1.82) is 0 Å². The number of fused-ring (bicyclic) bond motifs is 2. The normalized spacial score (nSPS) is 30.9. The van der Waals surface area contributed by atoms with E-state index in [4.69, 9.17) is 12.2 Å². The fourth-order valence-corrected chi connectivity index (χ4v) is 2.99. The first-order valence-corrected chi connectivity index (χ1v) is 6.00. The van der Waals surface area contributed by atoms with Gasteiger partial charge < -0.3 is 10.1 Å². The molecular formula is C10H17N3O2S. The van der Waals surface area contributed by atoms with E-state index in [1.807, 2.05) is 0 Å². The van der Waals surface area contributed by atoms with E-state index < -0.39 is 6.09 Å². The van der Waals surface area contributed by atoms with Crippen molar-refractivity contribution in [3.05, 3.63) is 0 Å². The first-order valence-electron chi connectivity index (χ1n) is 5.59.